The Morgan fingerprint density at radius 3 is 2.86 bits per heavy atom. The summed E-state index contributed by atoms with van der Waals surface area (Å²) in [5.41, 5.74) is 0.596. The van der Waals surface area contributed by atoms with Crippen LogP contribution < -0.4 is 4.74 Å². The van der Waals surface area contributed by atoms with E-state index < -0.39 is 6.10 Å². The Bertz CT molecular complexity index is 463. The number of hydrogen-bond donors (Lipinski definition) is 1. The lowest BCUT2D eigenvalue weighted by Gasteiger charge is -2.23. The minimum atomic E-state index is -0.549. The molecule has 21 heavy (non-hydrogen) atoms. The van der Waals surface area contributed by atoms with Gasteiger partial charge < -0.3 is 19.5 Å². The summed E-state index contributed by atoms with van der Waals surface area (Å²) >= 11 is 0. The van der Waals surface area contributed by atoms with Gasteiger partial charge in [-0.2, -0.15) is 5.26 Å². The summed E-state index contributed by atoms with van der Waals surface area (Å²) in [5, 5.41) is 18.7. The molecule has 0 radical (unpaired) electrons. The summed E-state index contributed by atoms with van der Waals surface area (Å²) in [5.74, 6) is 0.662. The first kappa shape index (κ1) is 15.8. The third kappa shape index (κ3) is 5.35. The predicted molar refractivity (Wildman–Crippen MR) is 79.1 cm³/mol. The lowest BCUT2D eigenvalue weighted by atomic mass is 10.2. The Labute approximate surface area is 125 Å². The Morgan fingerprint density at radius 1 is 1.48 bits per heavy atom. The molecule has 2 rings (SSSR count). The van der Waals surface area contributed by atoms with Gasteiger partial charge in [0.05, 0.1) is 17.7 Å². The first-order valence-corrected chi connectivity index (χ1v) is 7.28. The number of hydrogen-bond acceptors (Lipinski definition) is 5. The summed E-state index contributed by atoms with van der Waals surface area (Å²) in [6, 6.07) is 8.93. The molecule has 2 atom stereocenters. The average Bonchev–Trinajstić information content (AvgIpc) is 2.98. The summed E-state index contributed by atoms with van der Waals surface area (Å²) in [6.07, 6.45) is 1.97. The number of ether oxygens (including phenoxy) is 2. The smallest absolute Gasteiger partial charge is 0.119 e. The molecule has 0 amide bonds. The molecule has 1 aromatic rings. The number of aliphatic hydroxyl groups excluding tert-OH is 1. The largest absolute Gasteiger partial charge is 0.491 e. The van der Waals surface area contributed by atoms with Crippen molar-refractivity contribution in [3.05, 3.63) is 29.8 Å². The maximum absolute atomic E-state index is 10.00. The van der Waals surface area contributed by atoms with Gasteiger partial charge >= 0.3 is 0 Å². The molecular formula is C16H22N2O3. The van der Waals surface area contributed by atoms with E-state index in [1.54, 1.807) is 24.3 Å². The van der Waals surface area contributed by atoms with E-state index in [1.165, 1.54) is 0 Å². The minimum Gasteiger partial charge on any atom is -0.491 e. The van der Waals surface area contributed by atoms with Crippen molar-refractivity contribution in [2.24, 2.45) is 0 Å². The zero-order valence-electron chi connectivity index (χ0n) is 12.4. The zero-order chi connectivity index (χ0) is 15.1. The Morgan fingerprint density at radius 2 is 2.24 bits per heavy atom. The molecule has 0 bridgehead atoms. The van der Waals surface area contributed by atoms with Crippen LogP contribution in [0.15, 0.2) is 24.3 Å². The van der Waals surface area contributed by atoms with Crippen molar-refractivity contribution >= 4 is 0 Å². The van der Waals surface area contributed by atoms with Crippen LogP contribution in [0.2, 0.25) is 0 Å². The third-order valence-electron chi connectivity index (χ3n) is 3.49. The third-order valence-corrected chi connectivity index (χ3v) is 3.49. The molecular weight excluding hydrogens is 268 g/mol. The number of nitriles is 1. The molecule has 0 aliphatic carbocycles. The number of rotatable bonds is 7. The fourth-order valence-electron chi connectivity index (χ4n) is 2.44. The quantitative estimate of drug-likeness (QED) is 0.822. The van der Waals surface area contributed by atoms with E-state index in [-0.39, 0.29) is 6.61 Å². The summed E-state index contributed by atoms with van der Waals surface area (Å²) in [6.45, 7) is 2.48. The fraction of sp³-hybridized carbons (Fsp3) is 0.562. The predicted octanol–water partition coefficient (Wildman–Crippen LogP) is 1.41. The van der Waals surface area contributed by atoms with Crippen LogP contribution in [-0.2, 0) is 4.74 Å². The topological polar surface area (TPSA) is 65.7 Å². The van der Waals surface area contributed by atoms with Crippen molar-refractivity contribution in [2.45, 2.75) is 25.0 Å². The maximum atomic E-state index is 10.00. The van der Waals surface area contributed by atoms with Crippen LogP contribution in [0.4, 0.5) is 0 Å². The number of nitrogens with zero attached hydrogens (tertiary/aromatic N) is 2. The van der Waals surface area contributed by atoms with Crippen LogP contribution in [0.5, 0.6) is 5.75 Å². The first-order valence-electron chi connectivity index (χ1n) is 7.28. The highest BCUT2D eigenvalue weighted by Gasteiger charge is 2.18. The molecule has 1 saturated heterocycles. The lowest BCUT2D eigenvalue weighted by molar-refractivity contribution is 0.0444. The van der Waals surface area contributed by atoms with E-state index in [1.807, 2.05) is 7.05 Å². The van der Waals surface area contributed by atoms with Gasteiger partial charge in [-0.3, -0.25) is 0 Å². The lowest BCUT2D eigenvalue weighted by Crippen LogP contribution is -2.37. The minimum absolute atomic E-state index is 0.238. The Hall–Kier alpha value is -1.61. The molecule has 0 spiro atoms. The van der Waals surface area contributed by atoms with E-state index in [0.29, 0.717) is 24.0 Å². The van der Waals surface area contributed by atoms with Crippen LogP contribution in [0, 0.1) is 11.3 Å². The van der Waals surface area contributed by atoms with Gasteiger partial charge in [0.25, 0.3) is 0 Å². The molecule has 2 unspecified atom stereocenters. The molecule has 0 aromatic heterocycles. The highest BCUT2D eigenvalue weighted by Crippen LogP contribution is 2.14. The molecule has 1 N–H and O–H groups in total. The molecule has 0 saturated carbocycles. The van der Waals surface area contributed by atoms with Gasteiger partial charge in [-0.1, -0.05) is 0 Å². The van der Waals surface area contributed by atoms with Crippen LogP contribution in [0.1, 0.15) is 18.4 Å². The average molecular weight is 290 g/mol. The van der Waals surface area contributed by atoms with E-state index in [4.69, 9.17) is 14.7 Å². The number of benzene rings is 1. The van der Waals surface area contributed by atoms with Gasteiger partial charge in [-0.15, -0.1) is 0 Å². The van der Waals surface area contributed by atoms with Gasteiger partial charge in [0.1, 0.15) is 18.5 Å². The SMILES string of the molecule is CN(CC(O)COc1ccc(C#N)cc1)CC1CCCO1. The molecule has 1 aliphatic heterocycles. The molecule has 114 valence electrons. The summed E-state index contributed by atoms with van der Waals surface area (Å²) < 4.78 is 11.1. The molecule has 1 aromatic carbocycles. The van der Waals surface area contributed by atoms with Crippen molar-refractivity contribution in [2.75, 3.05) is 33.4 Å². The summed E-state index contributed by atoms with van der Waals surface area (Å²) in [4.78, 5) is 2.07. The van der Waals surface area contributed by atoms with Gasteiger partial charge in [0.15, 0.2) is 0 Å². The summed E-state index contributed by atoms with van der Waals surface area (Å²) in [7, 11) is 1.98. The first-order chi connectivity index (χ1) is 10.2. The van der Waals surface area contributed by atoms with Crippen LogP contribution >= 0.6 is 0 Å². The monoisotopic (exact) mass is 290 g/mol. The fourth-order valence-corrected chi connectivity index (χ4v) is 2.44. The van der Waals surface area contributed by atoms with E-state index in [2.05, 4.69) is 11.0 Å². The second kappa shape index (κ2) is 7.99. The van der Waals surface area contributed by atoms with Gasteiger partial charge in [0, 0.05) is 19.7 Å². The highest BCUT2D eigenvalue weighted by atomic mass is 16.5. The molecule has 5 heteroatoms. The molecule has 1 fully saturated rings. The van der Waals surface area contributed by atoms with E-state index in [0.717, 1.165) is 26.0 Å². The van der Waals surface area contributed by atoms with Crippen molar-refractivity contribution < 1.29 is 14.6 Å². The van der Waals surface area contributed by atoms with E-state index in [9.17, 15) is 5.11 Å². The van der Waals surface area contributed by atoms with Crippen LogP contribution in [0.3, 0.4) is 0 Å². The van der Waals surface area contributed by atoms with Gasteiger partial charge in [-0.25, -0.2) is 0 Å². The highest BCUT2D eigenvalue weighted by molar-refractivity contribution is 5.34. The van der Waals surface area contributed by atoms with Crippen LogP contribution in [-0.4, -0.2) is 55.6 Å². The second-order valence-corrected chi connectivity index (χ2v) is 5.46. The number of likely N-dealkylation sites (N-methyl/N-ethyl adjacent to an activating group) is 1. The van der Waals surface area contributed by atoms with Crippen LogP contribution in [0.25, 0.3) is 0 Å². The standard InChI is InChI=1S/C16H22N2O3/c1-18(11-16-3-2-8-20-16)10-14(19)12-21-15-6-4-13(9-17)5-7-15/h4-7,14,16,19H,2-3,8,10-12H2,1H3. The van der Waals surface area contributed by atoms with Gasteiger partial charge in [0.2, 0.25) is 0 Å². The van der Waals surface area contributed by atoms with Crippen molar-refractivity contribution in [3.63, 3.8) is 0 Å². The normalized spacial score (nSPS) is 19.4. The van der Waals surface area contributed by atoms with E-state index >= 15 is 0 Å². The molecule has 5 nitrogen and oxygen atoms in total. The molecule has 1 heterocycles. The van der Waals surface area contributed by atoms with Crippen molar-refractivity contribution in [3.8, 4) is 11.8 Å². The number of aliphatic hydroxyl groups is 1. The second-order valence-electron chi connectivity index (χ2n) is 5.46. The van der Waals surface area contributed by atoms with Gasteiger partial charge in [-0.05, 0) is 44.2 Å². The van der Waals surface area contributed by atoms with Crippen molar-refractivity contribution in [1.29, 1.82) is 5.26 Å². The Balaban J connectivity index is 1.68. The Kier molecular flexibility index (Phi) is 6.00. The van der Waals surface area contributed by atoms with Crippen molar-refractivity contribution in [1.82, 2.24) is 4.90 Å². The molecule has 1 aliphatic rings. The zero-order valence-corrected chi connectivity index (χ0v) is 12.4. The maximum Gasteiger partial charge on any atom is 0.119 e.